The summed E-state index contributed by atoms with van der Waals surface area (Å²) in [5.41, 5.74) is 3.37. The van der Waals surface area contributed by atoms with Gasteiger partial charge in [0.25, 0.3) is 0 Å². The van der Waals surface area contributed by atoms with E-state index in [1.54, 1.807) is 11.8 Å². The standard InChI is InChI=1S/C26H37N3O4S/c1-19(2)27-26(31)22(5)28(18-23-11-8-7-9-12-23)25(30)13-10-16-29(34(6,32)33)24-17-20(3)14-15-21(24)4/h7-9,11-12,14-15,17,19,22H,10,13,16,18H2,1-6H3,(H,27,31)/t22-/m1/s1. The average molecular weight is 488 g/mol. The number of aryl methyl sites for hydroxylation is 2. The van der Waals surface area contributed by atoms with Crippen molar-refractivity contribution >= 4 is 27.5 Å². The number of hydrogen-bond donors (Lipinski definition) is 1. The van der Waals surface area contributed by atoms with Crippen LogP contribution in [0.2, 0.25) is 0 Å². The number of hydrogen-bond acceptors (Lipinski definition) is 4. The van der Waals surface area contributed by atoms with Crippen LogP contribution in [0.15, 0.2) is 48.5 Å². The minimum absolute atomic E-state index is 0.0375. The van der Waals surface area contributed by atoms with Gasteiger partial charge < -0.3 is 10.2 Å². The van der Waals surface area contributed by atoms with Crippen molar-refractivity contribution in [3.63, 3.8) is 0 Å². The fraction of sp³-hybridized carbons (Fsp3) is 0.462. The Morgan fingerprint density at radius 2 is 1.65 bits per heavy atom. The maximum Gasteiger partial charge on any atom is 0.242 e. The van der Waals surface area contributed by atoms with E-state index in [1.165, 1.54) is 10.6 Å². The van der Waals surface area contributed by atoms with Crippen LogP contribution in [-0.2, 0) is 26.2 Å². The largest absolute Gasteiger partial charge is 0.352 e. The minimum Gasteiger partial charge on any atom is -0.352 e. The molecule has 0 unspecified atom stereocenters. The molecule has 0 radical (unpaired) electrons. The molecule has 0 aliphatic heterocycles. The van der Waals surface area contributed by atoms with Crippen molar-refractivity contribution in [2.45, 2.75) is 66.1 Å². The second-order valence-electron chi connectivity index (χ2n) is 9.08. The van der Waals surface area contributed by atoms with Crippen LogP contribution < -0.4 is 9.62 Å². The van der Waals surface area contributed by atoms with Gasteiger partial charge in [0.15, 0.2) is 0 Å². The van der Waals surface area contributed by atoms with Crippen molar-refractivity contribution in [1.82, 2.24) is 10.2 Å². The Hall–Kier alpha value is -2.87. The predicted octanol–water partition coefficient (Wildman–Crippen LogP) is 3.79. The van der Waals surface area contributed by atoms with Crippen molar-refractivity contribution < 1.29 is 18.0 Å². The molecule has 34 heavy (non-hydrogen) atoms. The Labute approximate surface area is 204 Å². The van der Waals surface area contributed by atoms with E-state index < -0.39 is 16.1 Å². The highest BCUT2D eigenvalue weighted by molar-refractivity contribution is 7.92. The fourth-order valence-corrected chi connectivity index (χ4v) is 4.75. The molecule has 0 bridgehead atoms. The van der Waals surface area contributed by atoms with Gasteiger partial charge in [-0.05, 0) is 63.8 Å². The Kier molecular flexibility index (Phi) is 9.67. The van der Waals surface area contributed by atoms with E-state index in [1.807, 2.05) is 76.2 Å². The lowest BCUT2D eigenvalue weighted by Crippen LogP contribution is -2.49. The molecular weight excluding hydrogens is 450 g/mol. The van der Waals surface area contributed by atoms with Crippen molar-refractivity contribution in [2.24, 2.45) is 0 Å². The Morgan fingerprint density at radius 1 is 1.00 bits per heavy atom. The van der Waals surface area contributed by atoms with Gasteiger partial charge in [-0.25, -0.2) is 8.42 Å². The monoisotopic (exact) mass is 487 g/mol. The van der Waals surface area contributed by atoms with E-state index in [-0.39, 0.29) is 30.8 Å². The molecule has 0 aliphatic rings. The smallest absolute Gasteiger partial charge is 0.242 e. The van der Waals surface area contributed by atoms with Gasteiger partial charge in [0.2, 0.25) is 21.8 Å². The van der Waals surface area contributed by atoms with Crippen LogP contribution in [0.3, 0.4) is 0 Å². The van der Waals surface area contributed by atoms with Crippen molar-refractivity contribution in [3.05, 3.63) is 65.2 Å². The first-order valence-electron chi connectivity index (χ1n) is 11.6. The Morgan fingerprint density at radius 3 is 2.24 bits per heavy atom. The molecule has 0 spiro atoms. The van der Waals surface area contributed by atoms with Crippen LogP contribution in [0.25, 0.3) is 0 Å². The molecule has 2 amide bonds. The first-order chi connectivity index (χ1) is 15.9. The number of carbonyl (C=O) groups is 2. The van der Waals surface area contributed by atoms with E-state index in [9.17, 15) is 18.0 Å². The second-order valence-corrected chi connectivity index (χ2v) is 11.0. The van der Waals surface area contributed by atoms with E-state index in [0.29, 0.717) is 18.7 Å². The molecule has 1 atom stereocenters. The molecule has 0 saturated carbocycles. The highest BCUT2D eigenvalue weighted by Gasteiger charge is 2.27. The van der Waals surface area contributed by atoms with E-state index in [4.69, 9.17) is 0 Å². The molecule has 2 aromatic carbocycles. The van der Waals surface area contributed by atoms with E-state index in [0.717, 1.165) is 16.7 Å². The number of anilines is 1. The molecule has 1 N–H and O–H groups in total. The van der Waals surface area contributed by atoms with Gasteiger partial charge in [-0.3, -0.25) is 13.9 Å². The van der Waals surface area contributed by atoms with Crippen LogP contribution in [0.4, 0.5) is 5.69 Å². The summed E-state index contributed by atoms with van der Waals surface area (Å²) >= 11 is 0. The van der Waals surface area contributed by atoms with Crippen LogP contribution in [0.5, 0.6) is 0 Å². The maximum atomic E-state index is 13.2. The van der Waals surface area contributed by atoms with Gasteiger partial charge in [-0.1, -0.05) is 42.5 Å². The summed E-state index contributed by atoms with van der Waals surface area (Å²) in [7, 11) is -3.52. The molecule has 0 aromatic heterocycles. The summed E-state index contributed by atoms with van der Waals surface area (Å²) in [5.74, 6) is -0.405. The quantitative estimate of drug-likeness (QED) is 0.522. The van der Waals surface area contributed by atoms with E-state index in [2.05, 4.69) is 5.32 Å². The van der Waals surface area contributed by atoms with Gasteiger partial charge in [-0.2, -0.15) is 0 Å². The number of sulfonamides is 1. The lowest BCUT2D eigenvalue weighted by atomic mass is 10.1. The number of amides is 2. The van der Waals surface area contributed by atoms with Crippen molar-refractivity contribution in [3.8, 4) is 0 Å². The van der Waals surface area contributed by atoms with Crippen LogP contribution >= 0.6 is 0 Å². The lowest BCUT2D eigenvalue weighted by molar-refractivity contribution is -0.140. The lowest BCUT2D eigenvalue weighted by Gasteiger charge is -2.30. The number of nitrogens with zero attached hydrogens (tertiary/aromatic N) is 2. The van der Waals surface area contributed by atoms with Crippen molar-refractivity contribution in [2.75, 3.05) is 17.1 Å². The van der Waals surface area contributed by atoms with Gasteiger partial charge in [-0.15, -0.1) is 0 Å². The summed E-state index contributed by atoms with van der Waals surface area (Å²) in [5, 5.41) is 2.87. The SMILES string of the molecule is Cc1ccc(C)c(N(CCCC(=O)N(Cc2ccccc2)[C@H](C)C(=O)NC(C)C)S(C)(=O)=O)c1. The third kappa shape index (κ3) is 7.87. The van der Waals surface area contributed by atoms with Crippen LogP contribution in [0.1, 0.15) is 50.3 Å². The summed E-state index contributed by atoms with van der Waals surface area (Å²) in [4.78, 5) is 27.5. The fourth-order valence-electron chi connectivity index (χ4n) is 3.74. The molecule has 0 fully saturated rings. The van der Waals surface area contributed by atoms with Gasteiger partial charge in [0.05, 0.1) is 11.9 Å². The maximum absolute atomic E-state index is 13.2. The zero-order valence-electron chi connectivity index (χ0n) is 21.0. The van der Waals surface area contributed by atoms with E-state index >= 15 is 0 Å². The summed E-state index contributed by atoms with van der Waals surface area (Å²) in [6.07, 6.45) is 1.64. The molecule has 0 aliphatic carbocycles. The summed E-state index contributed by atoms with van der Waals surface area (Å²) < 4.78 is 26.4. The molecule has 2 aromatic rings. The predicted molar refractivity (Wildman–Crippen MR) is 137 cm³/mol. The zero-order chi connectivity index (χ0) is 25.5. The molecule has 0 saturated heterocycles. The molecular formula is C26H37N3O4S. The highest BCUT2D eigenvalue weighted by atomic mass is 32.2. The van der Waals surface area contributed by atoms with Gasteiger partial charge in [0.1, 0.15) is 6.04 Å². The normalized spacial score (nSPS) is 12.3. The molecule has 2 rings (SSSR count). The third-order valence-electron chi connectivity index (χ3n) is 5.58. The highest BCUT2D eigenvalue weighted by Crippen LogP contribution is 2.24. The number of rotatable bonds is 11. The minimum atomic E-state index is -3.52. The van der Waals surface area contributed by atoms with Crippen molar-refractivity contribution in [1.29, 1.82) is 0 Å². The number of nitrogens with one attached hydrogen (secondary N) is 1. The molecule has 8 heteroatoms. The topological polar surface area (TPSA) is 86.8 Å². The van der Waals surface area contributed by atoms with Crippen LogP contribution in [0, 0.1) is 13.8 Å². The summed E-state index contributed by atoms with van der Waals surface area (Å²) in [6.45, 7) is 9.74. The number of benzene rings is 2. The van der Waals surface area contributed by atoms with Gasteiger partial charge >= 0.3 is 0 Å². The molecule has 186 valence electrons. The first-order valence-corrected chi connectivity index (χ1v) is 13.4. The molecule has 7 nitrogen and oxygen atoms in total. The third-order valence-corrected chi connectivity index (χ3v) is 6.76. The number of carbonyl (C=O) groups excluding carboxylic acids is 2. The molecule has 0 heterocycles. The zero-order valence-corrected chi connectivity index (χ0v) is 21.9. The van der Waals surface area contributed by atoms with Crippen LogP contribution in [-0.4, -0.2) is 50.0 Å². The first kappa shape index (κ1) is 27.4. The van der Waals surface area contributed by atoms with Gasteiger partial charge in [0, 0.05) is 25.6 Å². The Bertz CT molecular complexity index is 1080. The average Bonchev–Trinajstić information content (AvgIpc) is 2.75. The second kappa shape index (κ2) is 12.0. The summed E-state index contributed by atoms with van der Waals surface area (Å²) in [6, 6.07) is 14.5. The Balaban J connectivity index is 2.18.